The van der Waals surface area contributed by atoms with Crippen LogP contribution in [0.25, 0.3) is 6.08 Å². The van der Waals surface area contributed by atoms with Crippen LogP contribution >= 0.6 is 22.9 Å². The van der Waals surface area contributed by atoms with Crippen LogP contribution in [0.4, 0.5) is 0 Å². The van der Waals surface area contributed by atoms with E-state index < -0.39 is 12.0 Å². The molecule has 4 rings (SSSR count). The number of aromatic nitrogens is 1. The maximum Gasteiger partial charge on any atom is 0.338 e. The van der Waals surface area contributed by atoms with E-state index in [1.807, 2.05) is 37.3 Å². The van der Waals surface area contributed by atoms with Crippen LogP contribution in [0.3, 0.4) is 0 Å². The van der Waals surface area contributed by atoms with Crippen molar-refractivity contribution < 1.29 is 14.3 Å². The Morgan fingerprint density at radius 3 is 2.64 bits per heavy atom. The third kappa shape index (κ3) is 4.51. The maximum absolute atomic E-state index is 13.6. The van der Waals surface area contributed by atoms with E-state index in [9.17, 15) is 9.59 Å². The average Bonchev–Trinajstić information content (AvgIpc) is 3.10. The molecule has 1 atom stereocenters. The van der Waals surface area contributed by atoms with Crippen molar-refractivity contribution in [2.45, 2.75) is 26.8 Å². The van der Waals surface area contributed by atoms with Gasteiger partial charge in [-0.1, -0.05) is 53.3 Å². The maximum atomic E-state index is 13.6. The van der Waals surface area contributed by atoms with Crippen LogP contribution in [-0.4, -0.2) is 23.8 Å². The standard InChI is InChI=1S/C25H23ClN2O4S/c1-4-31-19-12-11-18(26)13-17(19)14-20-23(29)28-22(16-9-7-6-8-10-16)21(24(30)32-5-2)15(3)27-25(28)33-20/h6-14,22H,4-5H2,1-3H3/b20-14-/t22-/m0/s1. The van der Waals surface area contributed by atoms with Crippen molar-refractivity contribution in [1.29, 1.82) is 0 Å². The van der Waals surface area contributed by atoms with Crippen LogP contribution in [0, 0.1) is 0 Å². The molecule has 170 valence electrons. The number of hydrogen-bond acceptors (Lipinski definition) is 6. The molecule has 0 fully saturated rings. The van der Waals surface area contributed by atoms with Crippen LogP contribution < -0.4 is 19.6 Å². The summed E-state index contributed by atoms with van der Waals surface area (Å²) in [5.41, 5.74) is 2.16. The van der Waals surface area contributed by atoms with Crippen molar-refractivity contribution in [3.05, 3.63) is 95.6 Å². The predicted molar refractivity (Wildman–Crippen MR) is 129 cm³/mol. The highest BCUT2D eigenvalue weighted by Crippen LogP contribution is 2.30. The summed E-state index contributed by atoms with van der Waals surface area (Å²) in [5, 5.41) is 0.542. The molecule has 0 spiro atoms. The van der Waals surface area contributed by atoms with Gasteiger partial charge in [0.25, 0.3) is 5.56 Å². The summed E-state index contributed by atoms with van der Waals surface area (Å²) in [4.78, 5) is 31.6. The topological polar surface area (TPSA) is 69.9 Å². The van der Waals surface area contributed by atoms with Gasteiger partial charge in [-0.05, 0) is 50.6 Å². The number of hydrogen-bond donors (Lipinski definition) is 0. The van der Waals surface area contributed by atoms with Crippen molar-refractivity contribution in [1.82, 2.24) is 4.57 Å². The van der Waals surface area contributed by atoms with Gasteiger partial charge in [-0.2, -0.15) is 0 Å². The largest absolute Gasteiger partial charge is 0.493 e. The summed E-state index contributed by atoms with van der Waals surface area (Å²) in [6.45, 7) is 6.13. The highest BCUT2D eigenvalue weighted by molar-refractivity contribution is 7.07. The van der Waals surface area contributed by atoms with Crippen LogP contribution in [0.2, 0.25) is 5.02 Å². The van der Waals surface area contributed by atoms with Gasteiger partial charge in [0.15, 0.2) is 4.80 Å². The first-order valence-electron chi connectivity index (χ1n) is 10.6. The fourth-order valence-electron chi connectivity index (χ4n) is 3.80. The Morgan fingerprint density at radius 1 is 1.18 bits per heavy atom. The molecule has 33 heavy (non-hydrogen) atoms. The van der Waals surface area contributed by atoms with E-state index in [4.69, 9.17) is 21.1 Å². The Balaban J connectivity index is 1.95. The van der Waals surface area contributed by atoms with Crippen LogP contribution in [0.5, 0.6) is 5.75 Å². The highest BCUT2D eigenvalue weighted by atomic mass is 35.5. The van der Waals surface area contributed by atoms with Crippen molar-refractivity contribution in [2.24, 2.45) is 4.99 Å². The van der Waals surface area contributed by atoms with Crippen molar-refractivity contribution in [3.8, 4) is 5.75 Å². The molecule has 2 heterocycles. The molecule has 2 aromatic carbocycles. The minimum atomic E-state index is -0.630. The van der Waals surface area contributed by atoms with Crippen LogP contribution in [0.15, 0.2) is 69.6 Å². The number of benzene rings is 2. The number of esters is 1. The number of fused-ring (bicyclic) bond motifs is 1. The minimum absolute atomic E-state index is 0.233. The second-order valence-electron chi connectivity index (χ2n) is 7.33. The molecule has 1 aliphatic rings. The van der Waals surface area contributed by atoms with Gasteiger partial charge in [-0.25, -0.2) is 9.79 Å². The first-order valence-corrected chi connectivity index (χ1v) is 11.8. The summed E-state index contributed by atoms with van der Waals surface area (Å²) in [7, 11) is 0. The molecule has 6 nitrogen and oxygen atoms in total. The number of carbonyl (C=O) groups is 1. The van der Waals surface area contributed by atoms with Gasteiger partial charge in [0.1, 0.15) is 5.75 Å². The van der Waals surface area contributed by atoms with Crippen molar-refractivity contribution in [3.63, 3.8) is 0 Å². The molecule has 8 heteroatoms. The van der Waals surface area contributed by atoms with Gasteiger partial charge in [-0.15, -0.1) is 0 Å². The Kier molecular flexibility index (Phi) is 6.81. The molecule has 1 aromatic heterocycles. The fourth-order valence-corrected chi connectivity index (χ4v) is 5.02. The molecule has 0 N–H and O–H groups in total. The lowest BCUT2D eigenvalue weighted by Crippen LogP contribution is -2.39. The number of carbonyl (C=O) groups excluding carboxylic acids is 1. The molecule has 0 amide bonds. The van der Waals surface area contributed by atoms with Gasteiger partial charge < -0.3 is 9.47 Å². The number of halogens is 1. The molecule has 0 bridgehead atoms. The van der Waals surface area contributed by atoms with E-state index >= 15 is 0 Å². The zero-order chi connectivity index (χ0) is 23.5. The van der Waals surface area contributed by atoms with Crippen LogP contribution in [-0.2, 0) is 9.53 Å². The number of nitrogens with zero attached hydrogens (tertiary/aromatic N) is 2. The van der Waals surface area contributed by atoms with Crippen molar-refractivity contribution >= 4 is 35.0 Å². The van der Waals surface area contributed by atoms with E-state index in [2.05, 4.69) is 4.99 Å². The number of allylic oxidation sites excluding steroid dienone is 1. The lowest BCUT2D eigenvalue weighted by Gasteiger charge is -2.24. The summed E-state index contributed by atoms with van der Waals surface area (Å²) < 4.78 is 13.0. The Bertz CT molecular complexity index is 1410. The third-order valence-electron chi connectivity index (χ3n) is 5.19. The van der Waals surface area contributed by atoms with E-state index in [0.29, 0.717) is 43.5 Å². The lowest BCUT2D eigenvalue weighted by atomic mass is 9.96. The zero-order valence-electron chi connectivity index (χ0n) is 18.5. The zero-order valence-corrected chi connectivity index (χ0v) is 20.1. The number of rotatable bonds is 6. The first-order chi connectivity index (χ1) is 15.9. The van der Waals surface area contributed by atoms with Gasteiger partial charge in [0.2, 0.25) is 0 Å². The van der Waals surface area contributed by atoms with Crippen LogP contribution in [0.1, 0.15) is 37.9 Å². The monoisotopic (exact) mass is 482 g/mol. The first kappa shape index (κ1) is 23.0. The van der Waals surface area contributed by atoms with Crippen molar-refractivity contribution in [2.75, 3.05) is 13.2 Å². The van der Waals surface area contributed by atoms with Gasteiger partial charge in [0.05, 0.1) is 35.1 Å². The Hall–Kier alpha value is -3.16. The number of thiazole rings is 1. The smallest absolute Gasteiger partial charge is 0.338 e. The molecular weight excluding hydrogens is 460 g/mol. The summed E-state index contributed by atoms with van der Waals surface area (Å²) >= 11 is 7.46. The molecule has 0 saturated heterocycles. The lowest BCUT2D eigenvalue weighted by molar-refractivity contribution is -0.139. The van der Waals surface area contributed by atoms with Gasteiger partial charge in [0, 0.05) is 10.6 Å². The quantitative estimate of drug-likeness (QED) is 0.500. The molecule has 1 aliphatic heterocycles. The SMILES string of the molecule is CCOC(=O)C1=C(C)N=c2s/c(=C\c3cc(Cl)ccc3OCC)c(=O)n2[C@H]1c1ccccc1. The van der Waals surface area contributed by atoms with E-state index in [-0.39, 0.29) is 12.2 Å². The van der Waals surface area contributed by atoms with E-state index in [1.54, 1.807) is 42.7 Å². The molecule has 0 saturated carbocycles. The molecule has 0 radical (unpaired) electrons. The fraction of sp³-hybridized carbons (Fsp3) is 0.240. The molecular formula is C25H23ClN2O4S. The summed E-state index contributed by atoms with van der Waals surface area (Å²) in [6.07, 6.45) is 1.76. The molecule has 3 aromatic rings. The third-order valence-corrected chi connectivity index (χ3v) is 6.41. The normalized spacial score (nSPS) is 15.8. The average molecular weight is 483 g/mol. The minimum Gasteiger partial charge on any atom is -0.493 e. The highest BCUT2D eigenvalue weighted by Gasteiger charge is 2.33. The van der Waals surface area contributed by atoms with Gasteiger partial charge >= 0.3 is 5.97 Å². The number of ether oxygens (including phenoxy) is 2. The van der Waals surface area contributed by atoms with E-state index in [0.717, 1.165) is 5.56 Å². The molecule has 0 aliphatic carbocycles. The second-order valence-corrected chi connectivity index (χ2v) is 8.77. The summed E-state index contributed by atoms with van der Waals surface area (Å²) in [5.74, 6) is 0.158. The molecule has 0 unspecified atom stereocenters. The summed E-state index contributed by atoms with van der Waals surface area (Å²) in [6, 6.07) is 14.1. The van der Waals surface area contributed by atoms with Gasteiger partial charge in [-0.3, -0.25) is 9.36 Å². The van der Waals surface area contributed by atoms with E-state index in [1.165, 1.54) is 11.3 Å². The predicted octanol–water partition coefficient (Wildman–Crippen LogP) is 3.85. The Labute approximate surface area is 200 Å². The Morgan fingerprint density at radius 2 is 1.94 bits per heavy atom. The second kappa shape index (κ2) is 9.77.